The third kappa shape index (κ3) is 5.87. The second kappa shape index (κ2) is 11.6. The Morgan fingerprint density at radius 1 is 1.10 bits per heavy atom. The highest BCUT2D eigenvalue weighted by molar-refractivity contribution is 8.00. The number of anilines is 1. The first-order valence-electron chi connectivity index (χ1n) is 12.7. The van der Waals surface area contributed by atoms with Crippen LogP contribution < -0.4 is 10.2 Å². The highest BCUT2D eigenvalue weighted by atomic mass is 35.5. The quantitative estimate of drug-likeness (QED) is 0.288. The van der Waals surface area contributed by atoms with Crippen molar-refractivity contribution in [1.82, 2.24) is 15.1 Å². The molecule has 0 radical (unpaired) electrons. The summed E-state index contributed by atoms with van der Waals surface area (Å²) in [7, 11) is 0. The van der Waals surface area contributed by atoms with Crippen LogP contribution in [0.4, 0.5) is 10.2 Å². The van der Waals surface area contributed by atoms with E-state index in [1.165, 1.54) is 28.8 Å². The lowest BCUT2D eigenvalue weighted by Gasteiger charge is -2.23. The predicted octanol–water partition coefficient (Wildman–Crippen LogP) is 6.27. The van der Waals surface area contributed by atoms with E-state index in [0.717, 1.165) is 16.7 Å². The average molecular weight is 563 g/mol. The summed E-state index contributed by atoms with van der Waals surface area (Å²) < 4.78 is 15.6. The van der Waals surface area contributed by atoms with Crippen LogP contribution in [0.25, 0.3) is 16.9 Å². The Labute approximate surface area is 236 Å². The van der Waals surface area contributed by atoms with Gasteiger partial charge in [-0.15, -0.1) is 11.8 Å². The normalized spacial score (nSPS) is 15.3. The molecule has 0 bridgehead atoms. The van der Waals surface area contributed by atoms with Crippen LogP contribution in [0.5, 0.6) is 0 Å². The Hall–Kier alpha value is -3.62. The maximum absolute atomic E-state index is 13.9. The molecule has 0 fully saturated rings. The van der Waals surface area contributed by atoms with E-state index in [1.54, 1.807) is 28.9 Å². The Balaban J connectivity index is 1.76. The number of halogens is 2. The van der Waals surface area contributed by atoms with E-state index < -0.39 is 0 Å². The molecule has 1 aromatic heterocycles. The van der Waals surface area contributed by atoms with Gasteiger partial charge in [0.2, 0.25) is 11.8 Å². The first-order chi connectivity index (χ1) is 18.8. The molecule has 2 heterocycles. The highest BCUT2D eigenvalue weighted by Gasteiger charge is 2.37. The smallest absolute Gasteiger partial charge is 0.240 e. The predicted molar refractivity (Wildman–Crippen MR) is 155 cm³/mol. The minimum atomic E-state index is -0.338. The standard InChI is InChI=1S/C30H28ClFN4O2S/c1-19(2)16-33-25(37)17-35-26(38)18-39-29(21-11-13-23(32)14-12-21)27-28(20-7-4-3-5-8-20)34-36(30(27)35)24-10-6-9-22(31)15-24/h3-15,19,29H,16-18H2,1-2H3,(H,33,37)/t29-/m0/s1. The van der Waals surface area contributed by atoms with Crippen molar-refractivity contribution in [3.63, 3.8) is 0 Å². The highest BCUT2D eigenvalue weighted by Crippen LogP contribution is 2.48. The van der Waals surface area contributed by atoms with Crippen LogP contribution in [-0.4, -0.2) is 40.4 Å². The van der Waals surface area contributed by atoms with Crippen molar-refractivity contribution < 1.29 is 14.0 Å². The van der Waals surface area contributed by atoms with Crippen LogP contribution in [0.2, 0.25) is 5.02 Å². The molecule has 0 aliphatic carbocycles. The van der Waals surface area contributed by atoms with Gasteiger partial charge >= 0.3 is 0 Å². The van der Waals surface area contributed by atoms with Gasteiger partial charge in [-0.2, -0.15) is 5.10 Å². The number of amides is 2. The summed E-state index contributed by atoms with van der Waals surface area (Å²) in [5.74, 6) is 0.0964. The van der Waals surface area contributed by atoms with Gasteiger partial charge in [-0.05, 0) is 41.8 Å². The minimum absolute atomic E-state index is 0.137. The first kappa shape index (κ1) is 27.0. The molecule has 9 heteroatoms. The average Bonchev–Trinajstić information content (AvgIpc) is 3.26. The van der Waals surface area contributed by atoms with E-state index in [1.807, 2.05) is 56.3 Å². The molecule has 5 rings (SSSR count). The number of hydrogen-bond acceptors (Lipinski definition) is 4. The Morgan fingerprint density at radius 2 is 1.85 bits per heavy atom. The van der Waals surface area contributed by atoms with Crippen LogP contribution in [0, 0.1) is 11.7 Å². The number of hydrogen-bond donors (Lipinski definition) is 1. The molecule has 6 nitrogen and oxygen atoms in total. The molecule has 3 aromatic carbocycles. The number of nitrogens with one attached hydrogen (secondary N) is 1. The molecule has 1 aliphatic heterocycles. The van der Waals surface area contributed by atoms with Gasteiger partial charge in [0.25, 0.3) is 0 Å². The van der Waals surface area contributed by atoms with Crippen molar-refractivity contribution in [3.05, 3.63) is 101 Å². The second-order valence-corrected chi connectivity index (χ2v) is 11.3. The van der Waals surface area contributed by atoms with Crippen LogP contribution >= 0.6 is 23.4 Å². The zero-order valence-electron chi connectivity index (χ0n) is 21.6. The molecular weight excluding hydrogens is 535 g/mol. The molecular formula is C30H28ClFN4O2S. The third-order valence-electron chi connectivity index (χ3n) is 6.37. The van der Waals surface area contributed by atoms with Crippen molar-refractivity contribution in [2.45, 2.75) is 19.1 Å². The lowest BCUT2D eigenvalue weighted by Crippen LogP contribution is -2.43. The maximum Gasteiger partial charge on any atom is 0.240 e. The summed E-state index contributed by atoms with van der Waals surface area (Å²) in [5, 5.41) is 8.13. The number of thioether (sulfide) groups is 1. The first-order valence-corrected chi connectivity index (χ1v) is 14.1. The molecule has 2 amide bonds. The fraction of sp³-hybridized carbons (Fsp3) is 0.233. The van der Waals surface area contributed by atoms with Crippen molar-refractivity contribution in [3.8, 4) is 16.9 Å². The number of carbonyl (C=O) groups excluding carboxylic acids is 2. The number of rotatable bonds is 7. The molecule has 1 atom stereocenters. The molecule has 0 saturated heterocycles. The van der Waals surface area contributed by atoms with Crippen molar-refractivity contribution in [2.75, 3.05) is 23.7 Å². The van der Waals surface area contributed by atoms with Gasteiger partial charge in [0.15, 0.2) is 0 Å². The Bertz CT molecular complexity index is 1490. The van der Waals surface area contributed by atoms with Crippen LogP contribution in [0.15, 0.2) is 78.9 Å². The van der Waals surface area contributed by atoms with Gasteiger partial charge in [-0.1, -0.05) is 74.0 Å². The number of benzene rings is 3. The summed E-state index contributed by atoms with van der Waals surface area (Å²) >= 11 is 7.81. The SMILES string of the molecule is CC(C)CNC(=O)CN1C(=O)CS[C@@H](c2ccc(F)cc2)c2c(-c3ccccc3)nn(-c3cccc(Cl)c3)c21. The molecule has 39 heavy (non-hydrogen) atoms. The topological polar surface area (TPSA) is 67.2 Å². The van der Waals surface area contributed by atoms with Gasteiger partial charge < -0.3 is 5.32 Å². The molecule has 200 valence electrons. The summed E-state index contributed by atoms with van der Waals surface area (Å²) in [6, 6.07) is 23.2. The van der Waals surface area contributed by atoms with Gasteiger partial charge in [0, 0.05) is 22.7 Å². The lowest BCUT2D eigenvalue weighted by molar-refractivity contribution is -0.123. The summed E-state index contributed by atoms with van der Waals surface area (Å²) in [6.07, 6.45) is 0. The zero-order valence-corrected chi connectivity index (χ0v) is 23.2. The Kier molecular flexibility index (Phi) is 8.04. The molecule has 1 aliphatic rings. The second-order valence-electron chi connectivity index (χ2n) is 9.76. The zero-order chi connectivity index (χ0) is 27.5. The van der Waals surface area contributed by atoms with E-state index in [4.69, 9.17) is 16.7 Å². The molecule has 4 aromatic rings. The molecule has 0 spiro atoms. The largest absolute Gasteiger partial charge is 0.354 e. The number of aromatic nitrogens is 2. The van der Waals surface area contributed by atoms with Gasteiger partial charge in [0.1, 0.15) is 18.2 Å². The number of carbonyl (C=O) groups is 2. The fourth-order valence-corrected chi connectivity index (χ4v) is 5.92. The maximum atomic E-state index is 13.9. The van der Waals surface area contributed by atoms with E-state index in [-0.39, 0.29) is 41.1 Å². The molecule has 0 saturated carbocycles. The van der Waals surface area contributed by atoms with Crippen molar-refractivity contribution in [2.24, 2.45) is 5.92 Å². The number of nitrogens with zero attached hydrogens (tertiary/aromatic N) is 3. The molecule has 1 N–H and O–H groups in total. The van der Waals surface area contributed by atoms with Gasteiger partial charge in [0.05, 0.1) is 22.4 Å². The van der Waals surface area contributed by atoms with Crippen LogP contribution in [0.3, 0.4) is 0 Å². The fourth-order valence-electron chi connectivity index (χ4n) is 4.53. The Morgan fingerprint density at radius 3 is 2.54 bits per heavy atom. The van der Waals surface area contributed by atoms with Crippen LogP contribution in [-0.2, 0) is 9.59 Å². The van der Waals surface area contributed by atoms with Crippen LogP contribution in [0.1, 0.15) is 30.2 Å². The lowest BCUT2D eigenvalue weighted by atomic mass is 9.99. The minimum Gasteiger partial charge on any atom is -0.354 e. The summed E-state index contributed by atoms with van der Waals surface area (Å²) in [6.45, 7) is 4.37. The number of fused-ring (bicyclic) bond motifs is 1. The third-order valence-corrected chi connectivity index (χ3v) is 7.86. The molecule has 0 unspecified atom stereocenters. The van der Waals surface area contributed by atoms with E-state index in [2.05, 4.69) is 5.32 Å². The van der Waals surface area contributed by atoms with Gasteiger partial charge in [-0.25, -0.2) is 9.07 Å². The van der Waals surface area contributed by atoms with Crippen molar-refractivity contribution in [1.29, 1.82) is 0 Å². The summed E-state index contributed by atoms with van der Waals surface area (Å²) in [5.41, 5.74) is 3.81. The van der Waals surface area contributed by atoms with E-state index in [9.17, 15) is 14.0 Å². The van der Waals surface area contributed by atoms with E-state index in [0.29, 0.717) is 28.8 Å². The monoisotopic (exact) mass is 562 g/mol. The van der Waals surface area contributed by atoms with Crippen molar-refractivity contribution >= 4 is 41.0 Å². The van der Waals surface area contributed by atoms with Gasteiger partial charge in [-0.3, -0.25) is 14.5 Å². The summed E-state index contributed by atoms with van der Waals surface area (Å²) in [4.78, 5) is 28.2. The van der Waals surface area contributed by atoms with E-state index >= 15 is 0 Å².